The average molecular weight is 449 g/mol. The number of aliphatic hydroxyl groups excluding tert-OH is 4. The maximum absolute atomic E-state index is 11.4. The fourth-order valence-corrected chi connectivity index (χ4v) is 9.26. The van der Waals surface area contributed by atoms with Gasteiger partial charge < -0.3 is 20.4 Å². The van der Waals surface area contributed by atoms with E-state index in [-0.39, 0.29) is 53.5 Å². The molecular formula is C28H48O4. The summed E-state index contributed by atoms with van der Waals surface area (Å²) in [6.45, 7) is 13.6. The molecule has 0 saturated heterocycles. The average Bonchev–Trinajstić information content (AvgIpc) is 3.03. The molecule has 4 heteroatoms. The zero-order valence-electron chi connectivity index (χ0n) is 20.8. The van der Waals surface area contributed by atoms with Crippen molar-refractivity contribution >= 4 is 0 Å². The number of fused-ring (bicyclic) bond motifs is 5. The molecule has 0 aromatic heterocycles. The van der Waals surface area contributed by atoms with E-state index in [0.29, 0.717) is 23.7 Å². The van der Waals surface area contributed by atoms with E-state index in [4.69, 9.17) is 0 Å². The molecule has 184 valence electrons. The third-order valence-corrected chi connectivity index (χ3v) is 11.3. The standard InChI is InChI=1S/C28H48O4/c1-16(18(3)15-29)6-7-17(2)22-14-25(32)26-20-13-24(31)23-12-19(30)8-10-27(23,4)21(20)9-11-28(22,26)5/h17-26,29-32H,1,6-15H2,2-5H3/t17-,18-,19+,20-,21+,22-,23-,24+,25-,26-,27-,28-/m1/s1. The minimum atomic E-state index is -0.356. The molecule has 32 heavy (non-hydrogen) atoms. The SMILES string of the molecule is C=C(CC[C@@H](C)[C@H]1C[C@@H](O)[C@H]2[C@@H]3C[C@H](O)[C@H]4C[C@@H](O)CC[C@]4(C)[C@H]3CC[C@@]21C)[C@H](C)CO. The number of hydrogen-bond donors (Lipinski definition) is 4. The van der Waals surface area contributed by atoms with Crippen LogP contribution in [0.15, 0.2) is 12.2 Å². The summed E-state index contributed by atoms with van der Waals surface area (Å²) >= 11 is 0. The predicted octanol–water partition coefficient (Wildman–Crippen LogP) is 4.55. The zero-order valence-corrected chi connectivity index (χ0v) is 20.8. The summed E-state index contributed by atoms with van der Waals surface area (Å²) in [5.74, 6) is 2.57. The molecule has 4 N–H and O–H groups in total. The first-order valence-electron chi connectivity index (χ1n) is 13.4. The van der Waals surface area contributed by atoms with E-state index in [0.717, 1.165) is 50.5 Å². The monoisotopic (exact) mass is 448 g/mol. The second-order valence-electron chi connectivity index (χ2n) is 12.9. The van der Waals surface area contributed by atoms with Gasteiger partial charge >= 0.3 is 0 Å². The molecule has 0 aliphatic heterocycles. The summed E-state index contributed by atoms with van der Waals surface area (Å²) in [6, 6.07) is 0. The maximum atomic E-state index is 11.4. The molecule has 0 spiro atoms. The van der Waals surface area contributed by atoms with Gasteiger partial charge in [0, 0.05) is 6.61 Å². The second kappa shape index (κ2) is 8.98. The van der Waals surface area contributed by atoms with Crippen LogP contribution in [0.2, 0.25) is 0 Å². The van der Waals surface area contributed by atoms with E-state index in [1.54, 1.807) is 0 Å². The summed E-state index contributed by atoms with van der Waals surface area (Å²) in [7, 11) is 0. The summed E-state index contributed by atoms with van der Waals surface area (Å²) in [4.78, 5) is 0. The first-order valence-corrected chi connectivity index (χ1v) is 13.4. The summed E-state index contributed by atoms with van der Waals surface area (Å²) in [5.41, 5.74) is 1.35. The molecule has 12 atom stereocenters. The van der Waals surface area contributed by atoms with Crippen molar-refractivity contribution in [3.05, 3.63) is 12.2 Å². The lowest BCUT2D eigenvalue weighted by Gasteiger charge is -2.62. The third-order valence-electron chi connectivity index (χ3n) is 11.3. The van der Waals surface area contributed by atoms with Crippen molar-refractivity contribution in [2.45, 2.75) is 104 Å². The van der Waals surface area contributed by atoms with E-state index in [9.17, 15) is 20.4 Å². The highest BCUT2D eigenvalue weighted by molar-refractivity contribution is 5.13. The lowest BCUT2D eigenvalue weighted by molar-refractivity contribution is -0.181. The molecule has 4 nitrogen and oxygen atoms in total. The summed E-state index contributed by atoms with van der Waals surface area (Å²) < 4.78 is 0. The Labute approximate surface area is 195 Å². The van der Waals surface area contributed by atoms with Crippen LogP contribution in [0, 0.1) is 52.3 Å². The van der Waals surface area contributed by atoms with Gasteiger partial charge in [-0.2, -0.15) is 0 Å². The van der Waals surface area contributed by atoms with Crippen LogP contribution in [-0.2, 0) is 0 Å². The van der Waals surface area contributed by atoms with E-state index >= 15 is 0 Å². The van der Waals surface area contributed by atoms with Crippen LogP contribution < -0.4 is 0 Å². The van der Waals surface area contributed by atoms with Crippen LogP contribution in [0.4, 0.5) is 0 Å². The Morgan fingerprint density at radius 3 is 2.31 bits per heavy atom. The first kappa shape index (κ1) is 24.7. The molecule has 0 amide bonds. The molecule has 0 unspecified atom stereocenters. The molecule has 0 aromatic rings. The zero-order chi connectivity index (χ0) is 23.4. The van der Waals surface area contributed by atoms with Crippen molar-refractivity contribution in [2.75, 3.05) is 6.61 Å². The van der Waals surface area contributed by atoms with Crippen LogP contribution in [-0.4, -0.2) is 45.3 Å². The van der Waals surface area contributed by atoms with Gasteiger partial charge in [-0.25, -0.2) is 0 Å². The van der Waals surface area contributed by atoms with E-state index in [2.05, 4.69) is 27.4 Å². The fraction of sp³-hybridized carbons (Fsp3) is 0.929. The molecule has 4 saturated carbocycles. The van der Waals surface area contributed by atoms with Gasteiger partial charge in [-0.15, -0.1) is 0 Å². The van der Waals surface area contributed by atoms with Crippen LogP contribution in [0.5, 0.6) is 0 Å². The number of hydrogen-bond acceptors (Lipinski definition) is 4. The normalized spacial score (nSPS) is 50.1. The Hall–Kier alpha value is -0.420. The van der Waals surface area contributed by atoms with Gasteiger partial charge in [0.25, 0.3) is 0 Å². The van der Waals surface area contributed by atoms with Crippen molar-refractivity contribution < 1.29 is 20.4 Å². The second-order valence-corrected chi connectivity index (χ2v) is 12.9. The molecule has 4 fully saturated rings. The molecule has 4 aliphatic rings. The smallest absolute Gasteiger partial charge is 0.0579 e. The largest absolute Gasteiger partial charge is 0.396 e. The highest BCUT2D eigenvalue weighted by Crippen LogP contribution is 2.68. The summed E-state index contributed by atoms with van der Waals surface area (Å²) in [5, 5.41) is 42.3. The Bertz CT molecular complexity index is 693. The lowest BCUT2D eigenvalue weighted by atomic mass is 9.43. The van der Waals surface area contributed by atoms with Gasteiger partial charge in [-0.1, -0.05) is 39.8 Å². The number of aliphatic hydroxyl groups is 4. The van der Waals surface area contributed by atoms with Gasteiger partial charge in [0.1, 0.15) is 0 Å². The predicted molar refractivity (Wildman–Crippen MR) is 128 cm³/mol. The first-order chi connectivity index (χ1) is 15.0. The van der Waals surface area contributed by atoms with E-state index < -0.39 is 0 Å². The minimum absolute atomic E-state index is 0.0878. The molecular weight excluding hydrogens is 400 g/mol. The third kappa shape index (κ3) is 3.91. The molecule has 0 heterocycles. The summed E-state index contributed by atoms with van der Waals surface area (Å²) in [6.07, 6.45) is 7.73. The van der Waals surface area contributed by atoms with Crippen LogP contribution in [0.1, 0.15) is 85.5 Å². The minimum Gasteiger partial charge on any atom is -0.396 e. The number of rotatable bonds is 6. The van der Waals surface area contributed by atoms with E-state index in [1.807, 2.05) is 6.92 Å². The molecule has 0 bridgehead atoms. The van der Waals surface area contributed by atoms with Crippen LogP contribution in [0.25, 0.3) is 0 Å². The highest BCUT2D eigenvalue weighted by atomic mass is 16.3. The fourth-order valence-electron chi connectivity index (χ4n) is 9.26. The Kier molecular flexibility index (Phi) is 6.93. The van der Waals surface area contributed by atoms with Gasteiger partial charge in [0.15, 0.2) is 0 Å². The van der Waals surface area contributed by atoms with Crippen molar-refractivity contribution in [1.82, 2.24) is 0 Å². The maximum Gasteiger partial charge on any atom is 0.0579 e. The Morgan fingerprint density at radius 1 is 0.938 bits per heavy atom. The molecule has 4 rings (SSSR count). The van der Waals surface area contributed by atoms with Crippen LogP contribution in [0.3, 0.4) is 0 Å². The highest BCUT2D eigenvalue weighted by Gasteiger charge is 2.64. The topological polar surface area (TPSA) is 80.9 Å². The van der Waals surface area contributed by atoms with Gasteiger partial charge in [0.05, 0.1) is 18.3 Å². The molecule has 4 aliphatic carbocycles. The lowest BCUT2D eigenvalue weighted by Crippen LogP contribution is -2.59. The van der Waals surface area contributed by atoms with Gasteiger partial charge in [0.2, 0.25) is 0 Å². The molecule has 0 aromatic carbocycles. The molecule has 0 radical (unpaired) electrons. The van der Waals surface area contributed by atoms with Gasteiger partial charge in [-0.3, -0.25) is 0 Å². The van der Waals surface area contributed by atoms with Crippen molar-refractivity contribution in [1.29, 1.82) is 0 Å². The van der Waals surface area contributed by atoms with Crippen molar-refractivity contribution in [2.24, 2.45) is 52.3 Å². The van der Waals surface area contributed by atoms with Crippen LogP contribution >= 0.6 is 0 Å². The quantitative estimate of drug-likeness (QED) is 0.450. The van der Waals surface area contributed by atoms with Crippen molar-refractivity contribution in [3.8, 4) is 0 Å². The van der Waals surface area contributed by atoms with E-state index in [1.165, 1.54) is 12.8 Å². The van der Waals surface area contributed by atoms with Crippen molar-refractivity contribution in [3.63, 3.8) is 0 Å². The van der Waals surface area contributed by atoms with Gasteiger partial charge in [-0.05, 0) is 110 Å². The Morgan fingerprint density at radius 2 is 1.62 bits per heavy atom. The Balaban J connectivity index is 1.52.